The Morgan fingerprint density at radius 3 is 2.18 bits per heavy atom. The third-order valence-corrected chi connectivity index (χ3v) is 10.6. The molecule has 4 heterocycles. The van der Waals surface area contributed by atoms with Gasteiger partial charge in [0.2, 0.25) is 17.4 Å². The normalized spacial score (nSPS) is 13.7. The number of aryl methyl sites for hydroxylation is 2. The molecular weight excluding hydrogens is 869 g/mol. The minimum Gasteiger partial charge on any atom is -0.487 e. The molecule has 0 radical (unpaired) electrons. The summed E-state index contributed by atoms with van der Waals surface area (Å²) in [6.07, 6.45) is 0.450. The Kier molecular flexibility index (Phi) is 13.0. The van der Waals surface area contributed by atoms with E-state index in [-0.39, 0.29) is 83.9 Å². The maximum absolute atomic E-state index is 15.9. The van der Waals surface area contributed by atoms with Crippen molar-refractivity contribution < 1.29 is 46.1 Å². The summed E-state index contributed by atoms with van der Waals surface area (Å²) in [5, 5.41) is 3.82. The molecule has 0 N–H and O–H groups in total. The number of imidazole rings is 1. The Hall–Kier alpha value is -7.75. The van der Waals surface area contributed by atoms with Crippen LogP contribution in [0.5, 0.6) is 17.5 Å². The molecule has 0 unspecified atom stereocenters. The zero-order chi connectivity index (χ0) is 47.5. The Balaban J connectivity index is 1.17. The van der Waals surface area contributed by atoms with E-state index < -0.39 is 35.2 Å². The number of halogens is 4. The lowest BCUT2D eigenvalue weighted by molar-refractivity contribution is -0.141. The number of rotatable bonds is 12. The van der Waals surface area contributed by atoms with E-state index in [1.54, 1.807) is 86.6 Å². The summed E-state index contributed by atoms with van der Waals surface area (Å²) < 4.78 is 87.8. The number of hydrogen-bond acceptors (Lipinski definition) is 8. The number of fused-ring (bicyclic) bond motifs is 1. The summed E-state index contributed by atoms with van der Waals surface area (Å²) in [6, 6.07) is 29.6. The molecule has 344 valence electrons. The van der Waals surface area contributed by atoms with Gasteiger partial charge in [-0.25, -0.2) is 9.18 Å². The highest BCUT2D eigenvalue weighted by Crippen LogP contribution is 2.44. The van der Waals surface area contributed by atoms with Gasteiger partial charge in [0.05, 0.1) is 12.1 Å². The van der Waals surface area contributed by atoms with Gasteiger partial charge in [-0.1, -0.05) is 66.7 Å². The molecule has 4 aromatic carbocycles. The number of carbonyl (C=O) groups excluding carboxylic acids is 2. The Morgan fingerprint density at radius 2 is 1.51 bits per heavy atom. The fourth-order valence-electron chi connectivity index (χ4n) is 7.45. The molecule has 0 fully saturated rings. The highest BCUT2D eigenvalue weighted by molar-refractivity contribution is 6.15. The second-order valence-electron chi connectivity index (χ2n) is 16.8. The van der Waals surface area contributed by atoms with Crippen molar-refractivity contribution in [3.05, 3.63) is 172 Å². The third-order valence-electron chi connectivity index (χ3n) is 10.6. The minimum absolute atomic E-state index is 0.00115. The van der Waals surface area contributed by atoms with Crippen molar-refractivity contribution in [1.29, 1.82) is 0 Å². The van der Waals surface area contributed by atoms with Gasteiger partial charge in [0.25, 0.3) is 0 Å². The van der Waals surface area contributed by atoms with Crippen LogP contribution in [0.15, 0.2) is 132 Å². The summed E-state index contributed by atoms with van der Waals surface area (Å²) in [5.74, 6) is -0.768. The number of ketones is 1. The van der Waals surface area contributed by atoms with Gasteiger partial charge < -0.3 is 28.1 Å². The van der Waals surface area contributed by atoms with Gasteiger partial charge in [-0.05, 0) is 86.4 Å². The molecule has 0 saturated carbocycles. The molecule has 67 heavy (non-hydrogen) atoms. The first-order valence-corrected chi connectivity index (χ1v) is 21.4. The largest absolute Gasteiger partial charge is 0.487 e. The molecule has 0 atom stereocenters. The molecule has 7 aromatic rings. The predicted molar refractivity (Wildman–Crippen MR) is 242 cm³/mol. The average molecular weight is 915 g/mol. The van der Waals surface area contributed by atoms with Crippen LogP contribution in [0.2, 0.25) is 0 Å². The predicted octanol–water partition coefficient (Wildman–Crippen LogP) is 10.6. The van der Waals surface area contributed by atoms with E-state index in [2.05, 4.69) is 15.1 Å². The van der Waals surface area contributed by atoms with E-state index in [0.29, 0.717) is 16.7 Å². The minimum atomic E-state index is -4.84. The number of hydrogen-bond donors (Lipinski definition) is 0. The van der Waals surface area contributed by atoms with Gasteiger partial charge in [-0.15, -0.1) is 4.99 Å². The fourth-order valence-corrected chi connectivity index (χ4v) is 7.45. The van der Waals surface area contributed by atoms with Gasteiger partial charge >= 0.3 is 12.3 Å². The number of aromatic nitrogens is 5. The average Bonchev–Trinajstić information content (AvgIpc) is 3.90. The summed E-state index contributed by atoms with van der Waals surface area (Å²) >= 11 is 0. The first kappa shape index (κ1) is 45.8. The van der Waals surface area contributed by atoms with Gasteiger partial charge in [-0.2, -0.15) is 23.3 Å². The van der Waals surface area contributed by atoms with Crippen molar-refractivity contribution in [3.63, 3.8) is 0 Å². The van der Waals surface area contributed by atoms with E-state index >= 15 is 4.39 Å². The summed E-state index contributed by atoms with van der Waals surface area (Å²) in [5.41, 5.74) is 1.20. The Morgan fingerprint density at radius 1 is 0.821 bits per heavy atom. The number of carbonyl (C=O) groups is 2. The molecule has 1 amide bonds. The maximum Gasteiger partial charge on any atom is 0.437 e. The van der Waals surface area contributed by atoms with E-state index in [0.717, 1.165) is 11.1 Å². The first-order valence-electron chi connectivity index (χ1n) is 21.4. The molecule has 1 aliphatic heterocycles. The van der Waals surface area contributed by atoms with Crippen LogP contribution in [-0.4, -0.2) is 48.0 Å². The number of nitrogens with zero attached hydrogens (tertiary/aromatic N) is 6. The van der Waals surface area contributed by atoms with Crippen molar-refractivity contribution in [1.82, 2.24) is 23.9 Å². The molecule has 12 nitrogen and oxygen atoms in total. The number of ether oxygens (including phenoxy) is 4. The highest BCUT2D eigenvalue weighted by atomic mass is 19.4. The maximum atomic E-state index is 15.9. The summed E-state index contributed by atoms with van der Waals surface area (Å²) in [4.78, 5) is 36.1. The quantitative estimate of drug-likeness (QED) is 0.0877. The van der Waals surface area contributed by atoms with Crippen LogP contribution >= 0.6 is 0 Å². The molecule has 1 aliphatic rings. The molecule has 0 aliphatic carbocycles. The smallest absolute Gasteiger partial charge is 0.437 e. The van der Waals surface area contributed by atoms with Crippen molar-refractivity contribution >= 4 is 18.0 Å². The molecule has 3 aromatic heterocycles. The van der Waals surface area contributed by atoms with Gasteiger partial charge in [0.1, 0.15) is 37.0 Å². The number of Topliss-reactive ketones (excluding diaryl/α,β-unsaturated/α-hetero) is 1. The first-order chi connectivity index (χ1) is 32.0. The van der Waals surface area contributed by atoms with Crippen LogP contribution in [0.3, 0.4) is 0 Å². The number of benzene rings is 4. The lowest BCUT2D eigenvalue weighted by Gasteiger charge is -2.23. The van der Waals surface area contributed by atoms with Crippen molar-refractivity contribution in [2.24, 2.45) is 12.0 Å². The zero-order valence-electron chi connectivity index (χ0n) is 37.3. The summed E-state index contributed by atoms with van der Waals surface area (Å²) in [6.45, 7) is 6.99. The van der Waals surface area contributed by atoms with E-state index in [1.807, 2.05) is 60.7 Å². The zero-order valence-corrected chi connectivity index (χ0v) is 37.3. The second kappa shape index (κ2) is 19.0. The van der Waals surface area contributed by atoms with E-state index in [4.69, 9.17) is 18.9 Å². The van der Waals surface area contributed by atoms with Crippen LogP contribution in [0.1, 0.15) is 66.0 Å². The van der Waals surface area contributed by atoms with Crippen LogP contribution in [0.4, 0.5) is 22.4 Å². The Labute approximate surface area is 383 Å². The SMILES string of the molecule is CCn1cc(-c2cc(Cn3ccn(C)c3=NC(=O)OC(C)(C)C)cc3c2OC/C(=C\c2ccc(F)c(-c4ccc(OCc5ccccc5)nc4OCc4ccccc4)c2)C3=O)c(C(F)(F)F)n1. The monoisotopic (exact) mass is 914 g/mol. The summed E-state index contributed by atoms with van der Waals surface area (Å²) in [7, 11) is 1.67. The topological polar surface area (TPSA) is 124 Å². The van der Waals surface area contributed by atoms with E-state index in [1.165, 1.54) is 29.1 Å². The number of pyridine rings is 1. The van der Waals surface area contributed by atoms with Crippen molar-refractivity contribution in [2.45, 2.75) is 65.8 Å². The van der Waals surface area contributed by atoms with Crippen LogP contribution < -0.4 is 19.8 Å². The molecule has 8 rings (SSSR count). The van der Waals surface area contributed by atoms with Gasteiger partial charge in [-0.3, -0.25) is 9.48 Å². The third kappa shape index (κ3) is 10.7. The number of amides is 1. The van der Waals surface area contributed by atoms with Crippen LogP contribution in [0.25, 0.3) is 28.3 Å². The van der Waals surface area contributed by atoms with Crippen LogP contribution in [0, 0.1) is 5.82 Å². The van der Waals surface area contributed by atoms with Crippen LogP contribution in [-0.2, 0) is 44.3 Å². The van der Waals surface area contributed by atoms with Crippen molar-refractivity contribution in [3.8, 4) is 39.8 Å². The standard InChI is InChI=1S/C51H46F4N6O6/c1-6-61-28-41(46(58-61)51(53,54)55)39-25-35(27-60-22-21-59(5)48(60)57-49(63)67-50(2,3)4)26-40-44(62)36(31-65-45(39)40)23-34-17-19-42(52)38(24-34)37-18-20-43(64-29-32-13-9-7-10-14-32)56-47(37)66-30-33-15-11-8-12-16-33/h7-26,28H,6,27,29-31H2,1-5H3/b36-23+,57-48?. The second-order valence-corrected chi connectivity index (χ2v) is 16.8. The van der Waals surface area contributed by atoms with E-state index in [9.17, 15) is 22.8 Å². The Bertz CT molecular complexity index is 3060. The lowest BCUT2D eigenvalue weighted by Crippen LogP contribution is -2.29. The molecule has 0 saturated heterocycles. The molecule has 0 spiro atoms. The molecule has 0 bridgehead atoms. The highest BCUT2D eigenvalue weighted by Gasteiger charge is 2.39. The lowest BCUT2D eigenvalue weighted by atomic mass is 9.91. The van der Waals surface area contributed by atoms with Gasteiger partial charge in [0, 0.05) is 66.1 Å². The molecular formula is C51H46F4N6O6. The van der Waals surface area contributed by atoms with Gasteiger partial charge in [0.15, 0.2) is 11.5 Å². The fraction of sp³-hybridized carbons (Fsp3) is 0.235. The molecule has 16 heteroatoms. The van der Waals surface area contributed by atoms with Crippen molar-refractivity contribution in [2.75, 3.05) is 6.61 Å². The number of alkyl halides is 3.